The van der Waals surface area contributed by atoms with Crippen LogP contribution in [0.25, 0.3) is 0 Å². The number of anilines is 1. The third-order valence-corrected chi connectivity index (χ3v) is 2.99. The third kappa shape index (κ3) is 2.61. The highest BCUT2D eigenvalue weighted by Crippen LogP contribution is 2.21. The summed E-state index contributed by atoms with van der Waals surface area (Å²) in [4.78, 5) is 12.0. The zero-order valence-corrected chi connectivity index (χ0v) is 10.2. The Hall–Kier alpha value is -1.36. The average Bonchev–Trinajstić information content (AvgIpc) is 2.75. The second-order valence-corrected chi connectivity index (χ2v) is 4.16. The highest BCUT2D eigenvalue weighted by molar-refractivity contribution is 5.94. The van der Waals surface area contributed by atoms with Crippen molar-refractivity contribution in [1.82, 2.24) is 9.78 Å². The highest BCUT2D eigenvalue weighted by Gasteiger charge is 2.29. The van der Waals surface area contributed by atoms with Crippen molar-refractivity contribution in [1.29, 1.82) is 0 Å². The van der Waals surface area contributed by atoms with Crippen LogP contribution in [0.3, 0.4) is 0 Å². The molecule has 1 aromatic heterocycles. The van der Waals surface area contributed by atoms with Crippen LogP contribution in [0.5, 0.6) is 0 Å². The molecule has 3 N–H and O–H groups in total. The molecule has 0 aliphatic heterocycles. The number of aromatic nitrogens is 2. The molecule has 1 heterocycles. The van der Waals surface area contributed by atoms with E-state index in [2.05, 4.69) is 10.4 Å². The first-order chi connectivity index (χ1) is 7.55. The lowest BCUT2D eigenvalue weighted by Crippen LogP contribution is -2.39. The second kappa shape index (κ2) is 5.12. The van der Waals surface area contributed by atoms with E-state index in [1.165, 1.54) is 0 Å². The fourth-order valence-electron chi connectivity index (χ4n) is 1.28. The summed E-state index contributed by atoms with van der Waals surface area (Å²) in [6.45, 7) is 6.96. The highest BCUT2D eigenvalue weighted by atomic mass is 16.2. The van der Waals surface area contributed by atoms with E-state index in [9.17, 15) is 4.79 Å². The topological polar surface area (TPSA) is 72.9 Å². The molecule has 0 aliphatic rings. The molecule has 0 aromatic carbocycles. The molecule has 1 aromatic rings. The molecule has 1 rings (SSSR count). The number of carbonyl (C=O) groups is 1. The number of carbonyl (C=O) groups excluding carboxylic acids is 1. The van der Waals surface area contributed by atoms with E-state index in [4.69, 9.17) is 5.73 Å². The molecular formula is C11H20N4O. The second-order valence-electron chi connectivity index (χ2n) is 4.16. The van der Waals surface area contributed by atoms with Gasteiger partial charge in [0.05, 0.1) is 17.3 Å². The number of hydrogen-bond donors (Lipinski definition) is 2. The maximum absolute atomic E-state index is 12.0. The van der Waals surface area contributed by atoms with E-state index >= 15 is 0 Å². The quantitative estimate of drug-likeness (QED) is 0.789. The van der Waals surface area contributed by atoms with Gasteiger partial charge in [-0.1, -0.05) is 6.92 Å². The number of nitrogens with two attached hydrogens (primary N) is 1. The lowest BCUT2D eigenvalue weighted by molar-refractivity contribution is -0.124. The Morgan fingerprint density at radius 3 is 2.75 bits per heavy atom. The maximum Gasteiger partial charge on any atom is 0.231 e. The van der Waals surface area contributed by atoms with Gasteiger partial charge in [-0.05, 0) is 20.3 Å². The van der Waals surface area contributed by atoms with Crippen LogP contribution in [0.1, 0.15) is 27.2 Å². The zero-order valence-electron chi connectivity index (χ0n) is 10.2. The van der Waals surface area contributed by atoms with Gasteiger partial charge >= 0.3 is 0 Å². The van der Waals surface area contributed by atoms with Gasteiger partial charge in [0.25, 0.3) is 0 Å². The summed E-state index contributed by atoms with van der Waals surface area (Å²) in [5.41, 5.74) is 5.84. The summed E-state index contributed by atoms with van der Waals surface area (Å²) in [6, 6.07) is 0. The first-order valence-electron chi connectivity index (χ1n) is 5.59. The van der Waals surface area contributed by atoms with Crippen LogP contribution >= 0.6 is 0 Å². The van der Waals surface area contributed by atoms with Crippen molar-refractivity contribution in [3.63, 3.8) is 0 Å². The first kappa shape index (κ1) is 12.7. The number of aryl methyl sites for hydroxylation is 1. The minimum Gasteiger partial charge on any atom is -0.329 e. The Morgan fingerprint density at radius 2 is 2.31 bits per heavy atom. The lowest BCUT2D eigenvalue weighted by atomic mass is 9.86. The Balaban J connectivity index is 2.70. The Bertz CT molecular complexity index is 355. The van der Waals surface area contributed by atoms with Crippen molar-refractivity contribution in [2.45, 2.75) is 33.7 Å². The largest absolute Gasteiger partial charge is 0.329 e. The lowest BCUT2D eigenvalue weighted by Gasteiger charge is -2.24. The fourth-order valence-corrected chi connectivity index (χ4v) is 1.28. The van der Waals surface area contributed by atoms with Gasteiger partial charge in [-0.3, -0.25) is 9.48 Å². The Kier molecular flexibility index (Phi) is 4.06. The van der Waals surface area contributed by atoms with Gasteiger partial charge in [-0.25, -0.2) is 0 Å². The predicted molar refractivity (Wildman–Crippen MR) is 64.0 cm³/mol. The van der Waals surface area contributed by atoms with Crippen LogP contribution in [0.4, 0.5) is 5.69 Å². The molecule has 1 atom stereocenters. The first-order valence-corrected chi connectivity index (χ1v) is 5.59. The van der Waals surface area contributed by atoms with Crippen LogP contribution < -0.4 is 11.1 Å². The maximum atomic E-state index is 12.0. The van der Waals surface area contributed by atoms with E-state index < -0.39 is 5.41 Å². The number of nitrogens with one attached hydrogen (secondary N) is 1. The molecule has 0 saturated heterocycles. The molecule has 0 bridgehead atoms. The molecule has 90 valence electrons. The molecule has 1 unspecified atom stereocenters. The van der Waals surface area contributed by atoms with Gasteiger partial charge < -0.3 is 11.1 Å². The number of rotatable bonds is 5. The van der Waals surface area contributed by atoms with Crippen molar-refractivity contribution in [3.05, 3.63) is 12.4 Å². The van der Waals surface area contributed by atoms with Crippen molar-refractivity contribution in [3.8, 4) is 0 Å². The molecule has 0 saturated carbocycles. The Morgan fingerprint density at radius 1 is 1.62 bits per heavy atom. The summed E-state index contributed by atoms with van der Waals surface area (Å²) in [5, 5.41) is 6.93. The van der Waals surface area contributed by atoms with Crippen molar-refractivity contribution in [2.75, 3.05) is 11.9 Å². The summed E-state index contributed by atoms with van der Waals surface area (Å²) in [5.74, 6) is -0.0480. The van der Waals surface area contributed by atoms with E-state index in [1.54, 1.807) is 10.9 Å². The van der Waals surface area contributed by atoms with Gasteiger partial charge in [0, 0.05) is 19.3 Å². The standard InChI is InChI=1S/C11H20N4O/c1-4-11(3,8-12)10(16)14-9-6-13-15(5-2)7-9/h6-7H,4-5,8,12H2,1-3H3,(H,14,16). The van der Waals surface area contributed by atoms with Crippen LogP contribution in [0, 0.1) is 5.41 Å². The number of hydrogen-bond acceptors (Lipinski definition) is 3. The van der Waals surface area contributed by atoms with Gasteiger partial charge in [-0.15, -0.1) is 0 Å². The molecule has 0 spiro atoms. The number of nitrogens with zero attached hydrogens (tertiary/aromatic N) is 2. The monoisotopic (exact) mass is 224 g/mol. The van der Waals surface area contributed by atoms with Crippen molar-refractivity contribution >= 4 is 11.6 Å². The minimum atomic E-state index is -0.506. The summed E-state index contributed by atoms with van der Waals surface area (Å²) < 4.78 is 1.77. The van der Waals surface area contributed by atoms with E-state index in [-0.39, 0.29) is 5.91 Å². The summed E-state index contributed by atoms with van der Waals surface area (Å²) in [7, 11) is 0. The minimum absolute atomic E-state index is 0.0480. The van der Waals surface area contributed by atoms with E-state index in [1.807, 2.05) is 27.0 Å². The fraction of sp³-hybridized carbons (Fsp3) is 0.636. The average molecular weight is 224 g/mol. The van der Waals surface area contributed by atoms with Crippen LogP contribution in [-0.2, 0) is 11.3 Å². The van der Waals surface area contributed by atoms with Crippen LogP contribution in [0.2, 0.25) is 0 Å². The molecule has 5 heteroatoms. The van der Waals surface area contributed by atoms with Crippen LogP contribution in [0.15, 0.2) is 12.4 Å². The normalized spacial score (nSPS) is 14.5. The third-order valence-electron chi connectivity index (χ3n) is 2.99. The van der Waals surface area contributed by atoms with E-state index in [0.29, 0.717) is 6.54 Å². The number of amides is 1. The molecule has 0 aliphatic carbocycles. The summed E-state index contributed by atoms with van der Waals surface area (Å²) in [6.07, 6.45) is 4.18. The molecule has 0 radical (unpaired) electrons. The molecule has 16 heavy (non-hydrogen) atoms. The summed E-state index contributed by atoms with van der Waals surface area (Å²) >= 11 is 0. The Labute approximate surface area is 96.0 Å². The van der Waals surface area contributed by atoms with Gasteiger partial charge in [0.2, 0.25) is 5.91 Å². The van der Waals surface area contributed by atoms with Gasteiger partial charge in [-0.2, -0.15) is 5.10 Å². The van der Waals surface area contributed by atoms with Crippen molar-refractivity contribution < 1.29 is 4.79 Å². The van der Waals surface area contributed by atoms with Crippen LogP contribution in [-0.4, -0.2) is 22.2 Å². The van der Waals surface area contributed by atoms with Gasteiger partial charge in [0.1, 0.15) is 0 Å². The predicted octanol–water partition coefficient (Wildman–Crippen LogP) is 1.22. The smallest absolute Gasteiger partial charge is 0.231 e. The van der Waals surface area contributed by atoms with Gasteiger partial charge in [0.15, 0.2) is 0 Å². The zero-order chi connectivity index (χ0) is 12.2. The molecule has 1 amide bonds. The molecule has 0 fully saturated rings. The van der Waals surface area contributed by atoms with E-state index in [0.717, 1.165) is 18.7 Å². The molecule has 5 nitrogen and oxygen atoms in total. The van der Waals surface area contributed by atoms with Crippen molar-refractivity contribution in [2.24, 2.45) is 11.1 Å². The SMILES string of the molecule is CCn1cc(NC(=O)C(C)(CC)CN)cn1. The molecular weight excluding hydrogens is 204 g/mol.